The van der Waals surface area contributed by atoms with Gasteiger partial charge in [0.05, 0.1) is 45.0 Å². The largest absolute Gasteiger partial charge is 0.481 e. The maximum atomic E-state index is 14.4. The van der Waals surface area contributed by atoms with Crippen LogP contribution in [0.5, 0.6) is 0 Å². The molecule has 0 aliphatic carbocycles. The second-order valence-corrected chi connectivity index (χ2v) is 35.6. The fourth-order valence-corrected chi connectivity index (χ4v) is 15.3. The summed E-state index contributed by atoms with van der Waals surface area (Å²) >= 11 is 15.1. The minimum atomic E-state index is -2.01. The first kappa shape index (κ1) is 117. The number of rotatable bonds is 63. The molecule has 19 amide bonds. The molecule has 2 saturated heterocycles. The van der Waals surface area contributed by atoms with Crippen LogP contribution in [0.15, 0.2) is 12.5 Å². The average Bonchev–Trinajstić information content (AvgIpc) is 1.76. The normalized spacial score (nSPS) is 17.0. The number of primary amides is 2. The Labute approximate surface area is 798 Å². The fraction of sp³-hybridized carbons (Fsp3) is 0.684. The van der Waals surface area contributed by atoms with Crippen molar-refractivity contribution >= 4 is 192 Å². The summed E-state index contributed by atoms with van der Waals surface area (Å²) in [4.78, 5) is 294. The van der Waals surface area contributed by atoms with E-state index < -0.39 is 296 Å². The second-order valence-electron chi connectivity index (χ2n) is 32.5. The summed E-state index contributed by atoms with van der Waals surface area (Å²) in [6.07, 6.45) is 4.16. The number of carbonyl (C=O) groups excluding carboxylic acids is 19. The summed E-state index contributed by atoms with van der Waals surface area (Å²) in [5.74, 6) is -25.2. The van der Waals surface area contributed by atoms with Crippen LogP contribution in [0.1, 0.15) is 137 Å². The number of carboxylic acids is 2. The molecule has 2 aliphatic rings. The van der Waals surface area contributed by atoms with Gasteiger partial charge >= 0.3 is 11.9 Å². The quantitative estimate of drug-likeness (QED) is 0.0125. The van der Waals surface area contributed by atoms with Crippen molar-refractivity contribution in [2.45, 2.75) is 241 Å². The number of imidazole rings is 1. The van der Waals surface area contributed by atoms with E-state index in [4.69, 9.17) is 22.6 Å². The van der Waals surface area contributed by atoms with Gasteiger partial charge in [-0.3, -0.25) is 101 Å². The smallest absolute Gasteiger partial charge is 0.326 e. The van der Waals surface area contributed by atoms with Crippen molar-refractivity contribution in [1.82, 2.24) is 111 Å². The Kier molecular flexibility index (Phi) is 53.4. The molecule has 2 aliphatic heterocycles. The Morgan fingerprint density at radius 2 is 0.940 bits per heavy atom. The van der Waals surface area contributed by atoms with Crippen molar-refractivity contribution in [2.24, 2.45) is 35.0 Å². The number of aliphatic hydroxyl groups is 2. The molecule has 752 valence electrons. The van der Waals surface area contributed by atoms with Crippen LogP contribution in [0.2, 0.25) is 0 Å². The van der Waals surface area contributed by atoms with Crippen LogP contribution in [0.25, 0.3) is 0 Å². The molecule has 0 bridgehead atoms. The Morgan fingerprint density at radius 1 is 0.507 bits per heavy atom. The number of guanidine groups is 1. The molecule has 0 saturated carbocycles. The van der Waals surface area contributed by atoms with Crippen LogP contribution in [0.3, 0.4) is 0 Å². The van der Waals surface area contributed by atoms with Crippen molar-refractivity contribution in [3.05, 3.63) is 18.2 Å². The average molecular weight is 1990 g/mol. The number of carboxylic acid groups (broad SMARTS) is 2. The number of likely N-dealkylation sites (tertiary alicyclic amines) is 1. The molecule has 134 heavy (non-hydrogen) atoms. The monoisotopic (exact) mass is 1990 g/mol. The molecule has 18 atom stereocenters. The SMILES string of the molecule is CC[C@H](C)[C@H](NC(=O)[C@H](CCSC)NC(=O)[C@H](CO)NC(=O)[C@H](CC(N)=O)NC(=O)[C@H](CS)NC(=O)[C@H](CCC(=O)O)NC(=O)[C@H](CCSC)NC(=O)CNC(=O)[C@@H]1CCCN1C(=O)[C@H](CCCNC(=N)N)NC(=O)[C@H](CS)NC(=O)[C@@H]1CCCN1)C(=O)N[C@@H](CO)C(=O)N[C@H](C(=O)N[C@@H](Cc1cnc[nH]1)C(=O)N[C@@H](CS)C(=O)N[C@@H](CC(N)=O)C(=O)N[C@@H](CC(C)C)C(=O)O)C(C)C. The van der Waals surface area contributed by atoms with Gasteiger partial charge in [0, 0.05) is 55.1 Å². The number of aromatic nitrogens is 2. The number of aromatic amines is 1. The molecule has 30 N–H and O–H groups in total. The third-order valence-electron chi connectivity index (χ3n) is 21.2. The van der Waals surface area contributed by atoms with Gasteiger partial charge in [-0.05, 0) is 113 Å². The van der Waals surface area contributed by atoms with E-state index >= 15 is 0 Å². The number of nitrogens with one attached hydrogen (secondary N) is 20. The highest BCUT2D eigenvalue weighted by Gasteiger charge is 2.43. The van der Waals surface area contributed by atoms with E-state index in [-0.39, 0.29) is 99.3 Å². The zero-order valence-electron chi connectivity index (χ0n) is 75.7. The van der Waals surface area contributed by atoms with Gasteiger partial charge in [-0.25, -0.2) is 9.78 Å². The van der Waals surface area contributed by atoms with E-state index in [1.807, 2.05) is 0 Å². The summed E-state index contributed by atoms with van der Waals surface area (Å²) in [6.45, 7) is 7.25. The molecule has 0 unspecified atom stereocenters. The van der Waals surface area contributed by atoms with Gasteiger partial charge in [-0.15, -0.1) is 0 Å². The Balaban J connectivity index is 1.78. The van der Waals surface area contributed by atoms with Crippen molar-refractivity contribution in [1.29, 1.82) is 5.41 Å². The van der Waals surface area contributed by atoms with E-state index in [1.54, 1.807) is 33.3 Å². The number of amides is 19. The van der Waals surface area contributed by atoms with Crippen LogP contribution in [0, 0.1) is 23.2 Å². The van der Waals surface area contributed by atoms with Crippen LogP contribution in [-0.2, 0) is 107 Å². The Morgan fingerprint density at radius 3 is 1.40 bits per heavy atom. The molecule has 3 heterocycles. The Bertz CT molecular complexity index is 4200. The molecule has 50 nitrogen and oxygen atoms in total. The van der Waals surface area contributed by atoms with Crippen LogP contribution < -0.4 is 113 Å². The predicted molar refractivity (Wildman–Crippen MR) is 497 cm³/mol. The highest BCUT2D eigenvalue weighted by atomic mass is 32.2. The van der Waals surface area contributed by atoms with E-state index in [1.165, 1.54) is 61.7 Å². The first-order chi connectivity index (χ1) is 63.3. The van der Waals surface area contributed by atoms with Gasteiger partial charge in [0.1, 0.15) is 96.7 Å². The van der Waals surface area contributed by atoms with Gasteiger partial charge in [-0.2, -0.15) is 61.4 Å². The molecule has 3 rings (SSSR count). The molecule has 1 aromatic heterocycles. The van der Waals surface area contributed by atoms with Gasteiger partial charge < -0.3 is 143 Å². The number of carbonyl (C=O) groups is 21. The molecular weight excluding hydrogens is 1860 g/mol. The van der Waals surface area contributed by atoms with Crippen LogP contribution in [-0.4, -0.2) is 349 Å². The number of hydrogen-bond acceptors (Lipinski definition) is 31. The first-order valence-electron chi connectivity index (χ1n) is 43.3. The summed E-state index contributed by atoms with van der Waals surface area (Å²) in [7, 11) is 0. The lowest BCUT2D eigenvalue weighted by atomic mass is 9.97. The topological polar surface area (TPSA) is 790 Å². The lowest BCUT2D eigenvalue weighted by Gasteiger charge is -2.30. The van der Waals surface area contributed by atoms with Crippen molar-refractivity contribution in [2.75, 3.05) is 80.7 Å². The molecule has 0 radical (unpaired) electrons. The third-order valence-corrected chi connectivity index (χ3v) is 23.5. The fourth-order valence-electron chi connectivity index (χ4n) is 13.6. The molecule has 1 aromatic rings. The van der Waals surface area contributed by atoms with Crippen molar-refractivity contribution in [3.8, 4) is 0 Å². The number of aliphatic hydroxyl groups excluding tert-OH is 2. The maximum Gasteiger partial charge on any atom is 0.326 e. The molecule has 2 fully saturated rings. The highest BCUT2D eigenvalue weighted by molar-refractivity contribution is 7.98. The number of thiol groups is 3. The number of H-pyrrole nitrogens is 1. The van der Waals surface area contributed by atoms with E-state index in [2.05, 4.69) is 144 Å². The zero-order chi connectivity index (χ0) is 101. The van der Waals surface area contributed by atoms with Crippen LogP contribution >= 0.6 is 61.4 Å². The lowest BCUT2D eigenvalue weighted by Crippen LogP contribution is -2.63. The van der Waals surface area contributed by atoms with Gasteiger partial charge in [0.15, 0.2) is 5.96 Å². The highest BCUT2D eigenvalue weighted by Crippen LogP contribution is 2.22. The Hall–Kier alpha value is -11.0. The minimum Gasteiger partial charge on any atom is -0.481 e. The van der Waals surface area contributed by atoms with Gasteiger partial charge in [-0.1, -0.05) is 48.0 Å². The predicted octanol–water partition coefficient (Wildman–Crippen LogP) is -9.92. The number of hydrogen-bond donors (Lipinski definition) is 30. The second kappa shape index (κ2) is 61.1. The van der Waals surface area contributed by atoms with Gasteiger partial charge in [0.25, 0.3) is 0 Å². The third kappa shape index (κ3) is 41.0. The van der Waals surface area contributed by atoms with E-state index in [0.29, 0.717) is 19.4 Å². The summed E-state index contributed by atoms with van der Waals surface area (Å²) < 4.78 is 0. The molecular formula is C79H131N25O25S5. The number of thioether (sulfide) groups is 2. The zero-order valence-corrected chi connectivity index (χ0v) is 80.0. The van der Waals surface area contributed by atoms with E-state index in [0.717, 1.165) is 6.42 Å². The summed E-state index contributed by atoms with van der Waals surface area (Å²) in [6, 6.07) is -26.0. The standard InChI is InChI=1S/C79H131N25O25S5/c1-9-39(6)61(76(126)98-51(32-106)70(120)102-60(38(4)5)75(125)95-46(26-40-29-84-36-88-40)66(116)101-54(35-132)73(123)93-47(27-56(80)107)67(117)96-49(78(128)129)25-37(2)3)103-65(115)44(19-24-134-8)91-69(119)50(31-105)97-68(118)48(28-57(81)108)94-72(122)53(34-131)100-63(113)42(16-17-59(110)111)90-64(114)43(18-23-133-7)89-58(109)30-87-74(124)55-15-12-22-104(55)77(127)45(14-11-21-86-79(82)83)92-71(121)52(33-130)99-62(112)41-13-10-20-85-41/h29,36-39,41-55,60-61,85,105-106,130-132H,9-28,30-35H2,1-8H3,(H2,80,107)(H2,81,108)(H,84,88)(H,87,124)(H,89,109)(H,90,114)(H,91,119)(H,92,121)(H,93,123)(H,94,122)(H,95,125)(H,96,117)(H,97,118)(H,98,126)(H,99,112)(H,100,113)(H,101,116)(H,102,120)(H,103,115)(H,110,111)(H,128,129)(H4,82,83,86)/t39-,41-,42-,43-,44-,45-,46-,47-,48-,49-,50-,51-,52-,53-,54-,55-,60-,61-/m0/s1. The summed E-state index contributed by atoms with van der Waals surface area (Å²) in [5, 5.41) is 92.4. The van der Waals surface area contributed by atoms with Crippen LogP contribution in [0.4, 0.5) is 0 Å². The molecule has 55 heteroatoms. The summed E-state index contributed by atoms with van der Waals surface area (Å²) in [5.41, 5.74) is 16.6. The minimum absolute atomic E-state index is 0.00380. The maximum absolute atomic E-state index is 14.4. The van der Waals surface area contributed by atoms with Crippen molar-refractivity contribution in [3.63, 3.8) is 0 Å². The lowest BCUT2D eigenvalue weighted by molar-refractivity contribution is -0.143. The molecule has 0 aromatic carbocycles. The van der Waals surface area contributed by atoms with E-state index in [9.17, 15) is 121 Å². The first-order valence-corrected chi connectivity index (χ1v) is 48.0. The number of nitrogens with two attached hydrogens (primary N) is 3. The van der Waals surface area contributed by atoms with Crippen molar-refractivity contribution < 1.29 is 121 Å². The number of nitrogens with zero attached hydrogens (tertiary/aromatic N) is 2. The molecule has 0 spiro atoms. The number of aliphatic carboxylic acids is 2. The van der Waals surface area contributed by atoms with Gasteiger partial charge in [0.2, 0.25) is 112 Å².